The second-order valence-corrected chi connectivity index (χ2v) is 7.22. The molecule has 0 aromatic heterocycles. The van der Waals surface area contributed by atoms with Crippen molar-refractivity contribution in [1.82, 2.24) is 5.32 Å². The lowest BCUT2D eigenvalue weighted by Gasteiger charge is -2.40. The van der Waals surface area contributed by atoms with Crippen molar-refractivity contribution in [3.05, 3.63) is 75.8 Å². The second kappa shape index (κ2) is 5.42. The number of para-hydroxylation sites is 1. The molecule has 1 amide bonds. The highest BCUT2D eigenvalue weighted by atomic mass is 16.6. The maximum atomic E-state index is 12.2. The zero-order valence-corrected chi connectivity index (χ0v) is 14.6. The Hall–Kier alpha value is -3.15. The lowest BCUT2D eigenvalue weighted by molar-refractivity contribution is -0.384. The standard InChI is InChI=1S/C20H19N3O3/c1-19(2)16-5-3-4-6-17(16)22-13-18(24)21-20(19,22)12-11-14-7-9-15(10-8-14)23(25)26/h3-12H,13H2,1-2H3,(H,21,24)/b12-11+/t20-/m1/s1. The molecule has 0 saturated carbocycles. The van der Waals surface area contributed by atoms with Gasteiger partial charge in [-0.05, 0) is 35.4 Å². The first-order chi connectivity index (χ1) is 12.3. The Kier molecular flexibility index (Phi) is 3.41. The fourth-order valence-corrected chi connectivity index (χ4v) is 4.06. The van der Waals surface area contributed by atoms with Gasteiger partial charge in [0.05, 0.1) is 11.5 Å². The first kappa shape index (κ1) is 16.3. The first-order valence-corrected chi connectivity index (χ1v) is 8.47. The number of amides is 1. The van der Waals surface area contributed by atoms with Gasteiger partial charge in [0.25, 0.3) is 5.69 Å². The molecule has 2 heterocycles. The molecule has 2 aromatic rings. The Balaban J connectivity index is 1.76. The summed E-state index contributed by atoms with van der Waals surface area (Å²) in [4.78, 5) is 24.7. The minimum atomic E-state index is -0.657. The number of fused-ring (bicyclic) bond motifs is 3. The van der Waals surface area contributed by atoms with Gasteiger partial charge in [-0.1, -0.05) is 38.1 Å². The molecule has 1 N–H and O–H groups in total. The van der Waals surface area contributed by atoms with Crippen molar-refractivity contribution in [2.45, 2.75) is 24.9 Å². The molecule has 1 atom stereocenters. The van der Waals surface area contributed by atoms with Gasteiger partial charge in [-0.15, -0.1) is 0 Å². The second-order valence-electron chi connectivity index (χ2n) is 7.22. The third-order valence-electron chi connectivity index (χ3n) is 5.50. The molecule has 4 rings (SSSR count). The molecule has 0 radical (unpaired) electrons. The molecular formula is C20H19N3O3. The van der Waals surface area contributed by atoms with Crippen LogP contribution in [0.5, 0.6) is 0 Å². The number of rotatable bonds is 3. The molecule has 2 aliphatic rings. The van der Waals surface area contributed by atoms with Crippen molar-refractivity contribution in [2.24, 2.45) is 0 Å². The van der Waals surface area contributed by atoms with Crippen LogP contribution in [0.1, 0.15) is 25.0 Å². The number of nitrogens with one attached hydrogen (secondary N) is 1. The zero-order valence-electron chi connectivity index (χ0n) is 14.6. The van der Waals surface area contributed by atoms with E-state index in [1.807, 2.05) is 30.4 Å². The lowest BCUT2D eigenvalue weighted by Crippen LogP contribution is -2.58. The summed E-state index contributed by atoms with van der Waals surface area (Å²) < 4.78 is 0. The van der Waals surface area contributed by atoms with E-state index in [9.17, 15) is 14.9 Å². The number of carbonyl (C=O) groups is 1. The molecule has 0 unspecified atom stereocenters. The number of non-ortho nitro benzene ring substituents is 1. The Morgan fingerprint density at radius 2 is 1.85 bits per heavy atom. The van der Waals surface area contributed by atoms with E-state index in [2.05, 4.69) is 30.1 Å². The topological polar surface area (TPSA) is 75.5 Å². The van der Waals surface area contributed by atoms with E-state index in [4.69, 9.17) is 0 Å². The van der Waals surface area contributed by atoms with Gasteiger partial charge in [0.1, 0.15) is 5.66 Å². The van der Waals surface area contributed by atoms with Gasteiger partial charge in [0.15, 0.2) is 0 Å². The van der Waals surface area contributed by atoms with Crippen LogP contribution in [0.25, 0.3) is 6.08 Å². The van der Waals surface area contributed by atoms with Crippen molar-refractivity contribution in [1.29, 1.82) is 0 Å². The summed E-state index contributed by atoms with van der Waals surface area (Å²) in [6, 6.07) is 14.5. The van der Waals surface area contributed by atoms with Crippen molar-refractivity contribution in [3.63, 3.8) is 0 Å². The SMILES string of the molecule is CC1(C)c2ccccc2N2CC(=O)N[C@]21/C=C/c1ccc([N+](=O)[O-])cc1. The van der Waals surface area contributed by atoms with Crippen LogP contribution < -0.4 is 10.2 Å². The van der Waals surface area contributed by atoms with Crippen LogP contribution in [-0.2, 0) is 10.2 Å². The third kappa shape index (κ3) is 2.15. The quantitative estimate of drug-likeness (QED) is 0.682. The van der Waals surface area contributed by atoms with Gasteiger partial charge >= 0.3 is 0 Å². The maximum Gasteiger partial charge on any atom is 0.269 e. The number of carbonyl (C=O) groups excluding carboxylic acids is 1. The van der Waals surface area contributed by atoms with Crippen LogP contribution in [0.2, 0.25) is 0 Å². The Morgan fingerprint density at radius 1 is 1.15 bits per heavy atom. The third-order valence-corrected chi connectivity index (χ3v) is 5.50. The summed E-state index contributed by atoms with van der Waals surface area (Å²) in [6.45, 7) is 4.56. The molecule has 0 spiro atoms. The molecule has 132 valence electrons. The van der Waals surface area contributed by atoms with E-state index in [0.717, 1.165) is 11.3 Å². The van der Waals surface area contributed by atoms with E-state index < -0.39 is 10.6 Å². The highest BCUT2D eigenvalue weighted by Gasteiger charge is 2.59. The largest absolute Gasteiger partial charge is 0.335 e. The van der Waals surface area contributed by atoms with Crippen LogP contribution in [0.15, 0.2) is 54.6 Å². The number of nitro benzene ring substituents is 1. The summed E-state index contributed by atoms with van der Waals surface area (Å²) in [5, 5.41) is 14.0. The van der Waals surface area contributed by atoms with Gasteiger partial charge in [-0.3, -0.25) is 14.9 Å². The molecule has 0 aliphatic carbocycles. The predicted octanol–water partition coefficient (Wildman–Crippen LogP) is 3.23. The molecular weight excluding hydrogens is 330 g/mol. The van der Waals surface area contributed by atoms with Crippen LogP contribution in [0, 0.1) is 10.1 Å². The monoisotopic (exact) mass is 349 g/mol. The van der Waals surface area contributed by atoms with Gasteiger partial charge in [0, 0.05) is 23.2 Å². The number of anilines is 1. The Morgan fingerprint density at radius 3 is 2.54 bits per heavy atom. The smallest absolute Gasteiger partial charge is 0.269 e. The highest BCUT2D eigenvalue weighted by Crippen LogP contribution is 2.52. The summed E-state index contributed by atoms with van der Waals surface area (Å²) in [5.41, 5.74) is 2.17. The van der Waals surface area contributed by atoms with E-state index in [1.165, 1.54) is 17.7 Å². The fraction of sp³-hybridized carbons (Fsp3) is 0.250. The normalized spacial score (nSPS) is 23.0. The molecule has 1 fully saturated rings. The Bertz CT molecular complexity index is 934. The van der Waals surface area contributed by atoms with Crippen LogP contribution >= 0.6 is 0 Å². The predicted molar refractivity (Wildman–Crippen MR) is 99.8 cm³/mol. The van der Waals surface area contributed by atoms with Gasteiger partial charge < -0.3 is 10.2 Å². The van der Waals surface area contributed by atoms with Crippen molar-refractivity contribution < 1.29 is 9.72 Å². The molecule has 2 aromatic carbocycles. The average Bonchev–Trinajstić information content (AvgIpc) is 3.05. The summed E-state index contributed by atoms with van der Waals surface area (Å²) in [7, 11) is 0. The highest BCUT2D eigenvalue weighted by molar-refractivity contribution is 5.91. The lowest BCUT2D eigenvalue weighted by atomic mass is 9.75. The molecule has 2 aliphatic heterocycles. The number of nitro groups is 1. The number of hydrogen-bond acceptors (Lipinski definition) is 4. The van der Waals surface area contributed by atoms with Gasteiger partial charge in [-0.25, -0.2) is 0 Å². The minimum absolute atomic E-state index is 0.0130. The van der Waals surface area contributed by atoms with Crippen molar-refractivity contribution in [2.75, 3.05) is 11.4 Å². The molecule has 6 heteroatoms. The van der Waals surface area contributed by atoms with Gasteiger partial charge in [0.2, 0.25) is 5.91 Å². The van der Waals surface area contributed by atoms with Gasteiger partial charge in [-0.2, -0.15) is 0 Å². The van der Waals surface area contributed by atoms with Crippen LogP contribution in [-0.4, -0.2) is 23.0 Å². The minimum Gasteiger partial charge on any atom is -0.335 e. The van der Waals surface area contributed by atoms with E-state index in [-0.39, 0.29) is 17.0 Å². The Labute approximate surface area is 151 Å². The zero-order chi connectivity index (χ0) is 18.5. The maximum absolute atomic E-state index is 12.2. The molecule has 6 nitrogen and oxygen atoms in total. The summed E-state index contributed by atoms with van der Waals surface area (Å²) >= 11 is 0. The molecule has 0 bridgehead atoms. The number of nitrogens with zero attached hydrogens (tertiary/aromatic N) is 2. The average molecular weight is 349 g/mol. The van der Waals surface area contributed by atoms with E-state index in [0.29, 0.717) is 6.54 Å². The van der Waals surface area contributed by atoms with Crippen molar-refractivity contribution >= 4 is 23.4 Å². The summed E-state index contributed by atoms with van der Waals surface area (Å²) in [6.07, 6.45) is 3.91. The molecule has 1 saturated heterocycles. The summed E-state index contributed by atoms with van der Waals surface area (Å²) in [5.74, 6) is -0.0130. The van der Waals surface area contributed by atoms with Crippen LogP contribution in [0.4, 0.5) is 11.4 Å². The van der Waals surface area contributed by atoms with Crippen molar-refractivity contribution in [3.8, 4) is 0 Å². The van der Waals surface area contributed by atoms with E-state index in [1.54, 1.807) is 12.1 Å². The van der Waals surface area contributed by atoms with Crippen LogP contribution in [0.3, 0.4) is 0 Å². The fourth-order valence-electron chi connectivity index (χ4n) is 4.06. The number of benzene rings is 2. The first-order valence-electron chi connectivity index (χ1n) is 8.47. The van der Waals surface area contributed by atoms with E-state index >= 15 is 0 Å². The number of hydrogen-bond donors (Lipinski definition) is 1. The molecule has 26 heavy (non-hydrogen) atoms.